The lowest BCUT2D eigenvalue weighted by Gasteiger charge is -2.65. The zero-order chi connectivity index (χ0) is 28.0. The van der Waals surface area contributed by atoms with Crippen molar-refractivity contribution in [3.8, 4) is 0 Å². The molecule has 5 unspecified atom stereocenters. The number of hydrogen-bond acceptors (Lipinski definition) is 6. The summed E-state index contributed by atoms with van der Waals surface area (Å²) in [6.07, 6.45) is 14.4. The second-order valence-corrected chi connectivity index (χ2v) is 14.2. The molecule has 0 aromatic carbocycles. The van der Waals surface area contributed by atoms with E-state index in [0.29, 0.717) is 72.3 Å². The van der Waals surface area contributed by atoms with Crippen molar-refractivity contribution in [2.75, 3.05) is 39.5 Å². The zero-order valence-electron chi connectivity index (χ0n) is 25.8. The summed E-state index contributed by atoms with van der Waals surface area (Å²) in [7, 11) is 0. The summed E-state index contributed by atoms with van der Waals surface area (Å²) in [6.45, 7) is 13.9. The molecule has 0 aromatic heterocycles. The quantitative estimate of drug-likeness (QED) is 0.232. The molecule has 6 heteroatoms. The Hall–Kier alpha value is -0.240. The van der Waals surface area contributed by atoms with E-state index in [1.165, 1.54) is 32.1 Å². The SMILES string of the molecule is CCCCO[C@H]1C[C@H]2C([C@H](OCCCN)CC3C[C@H](OCCCN)CCC32C)[C@@H]2CCC([C@H](C)CCO)C12C. The summed E-state index contributed by atoms with van der Waals surface area (Å²) in [4.78, 5) is 0. The Morgan fingerprint density at radius 3 is 2.28 bits per heavy atom. The number of hydrogen-bond donors (Lipinski definition) is 3. The standard InChI is InChI=1S/C33H62N2O4/c1-5-6-17-39-30-22-28-31(27-10-9-26(33(27,30)4)23(2)12-16-36)29(38-19-8-15-35)21-24-20-25(37-18-7-14-34)11-13-32(24,28)3/h23-31,36H,5-22,34-35H2,1-4H3/t23-,24?,25-,26?,27+,28+,29-,30+,31?,32?,33?/m1/s1. The molecule has 0 aliphatic heterocycles. The van der Waals surface area contributed by atoms with E-state index in [1.54, 1.807) is 0 Å². The topological polar surface area (TPSA) is 100.0 Å². The largest absolute Gasteiger partial charge is 0.396 e. The van der Waals surface area contributed by atoms with E-state index in [-0.39, 0.29) is 12.0 Å². The highest BCUT2D eigenvalue weighted by Crippen LogP contribution is 2.69. The second-order valence-electron chi connectivity index (χ2n) is 14.2. The van der Waals surface area contributed by atoms with Crippen LogP contribution < -0.4 is 11.5 Å². The van der Waals surface area contributed by atoms with Gasteiger partial charge in [-0.1, -0.05) is 34.1 Å². The van der Waals surface area contributed by atoms with Crippen LogP contribution in [0.3, 0.4) is 0 Å². The average molecular weight is 551 g/mol. The molecule has 4 saturated carbocycles. The van der Waals surface area contributed by atoms with Crippen LogP contribution in [0.25, 0.3) is 0 Å². The number of fused-ring (bicyclic) bond motifs is 5. The second kappa shape index (κ2) is 14.3. The Morgan fingerprint density at radius 2 is 1.59 bits per heavy atom. The molecular weight excluding hydrogens is 488 g/mol. The highest BCUT2D eigenvalue weighted by atomic mass is 16.5. The predicted molar refractivity (Wildman–Crippen MR) is 158 cm³/mol. The lowest BCUT2D eigenvalue weighted by molar-refractivity contribution is -0.227. The summed E-state index contributed by atoms with van der Waals surface area (Å²) in [5.41, 5.74) is 12.1. The first kappa shape index (κ1) is 31.7. The summed E-state index contributed by atoms with van der Waals surface area (Å²) in [5.74, 6) is 3.58. The molecule has 4 rings (SSSR count). The predicted octanol–water partition coefficient (Wildman–Crippen LogP) is 5.54. The fraction of sp³-hybridized carbons (Fsp3) is 1.00. The summed E-state index contributed by atoms with van der Waals surface area (Å²) in [5, 5.41) is 9.84. The van der Waals surface area contributed by atoms with E-state index in [9.17, 15) is 5.11 Å². The van der Waals surface area contributed by atoms with Crippen molar-refractivity contribution >= 4 is 0 Å². The van der Waals surface area contributed by atoms with Crippen LogP contribution in [0.15, 0.2) is 0 Å². The van der Waals surface area contributed by atoms with Crippen molar-refractivity contribution in [2.45, 2.75) is 123 Å². The maximum absolute atomic E-state index is 9.84. The molecule has 4 aliphatic carbocycles. The summed E-state index contributed by atoms with van der Waals surface area (Å²) >= 11 is 0. The molecule has 0 amide bonds. The van der Waals surface area contributed by atoms with E-state index in [4.69, 9.17) is 25.7 Å². The Balaban J connectivity index is 1.64. The van der Waals surface area contributed by atoms with Gasteiger partial charge in [0.2, 0.25) is 0 Å². The number of aliphatic hydroxyl groups excluding tert-OH is 1. The Kier molecular flexibility index (Phi) is 11.6. The molecule has 0 bridgehead atoms. The van der Waals surface area contributed by atoms with Gasteiger partial charge in [0.15, 0.2) is 0 Å². The van der Waals surface area contributed by atoms with Gasteiger partial charge < -0.3 is 30.8 Å². The highest BCUT2D eigenvalue weighted by molar-refractivity contribution is 5.15. The van der Waals surface area contributed by atoms with E-state index >= 15 is 0 Å². The van der Waals surface area contributed by atoms with Crippen LogP contribution in [0.2, 0.25) is 0 Å². The molecule has 0 radical (unpaired) electrons. The van der Waals surface area contributed by atoms with Crippen LogP contribution >= 0.6 is 0 Å². The zero-order valence-corrected chi connectivity index (χ0v) is 25.8. The third-order valence-electron chi connectivity index (χ3n) is 12.2. The van der Waals surface area contributed by atoms with E-state index < -0.39 is 0 Å². The van der Waals surface area contributed by atoms with Crippen LogP contribution in [0, 0.1) is 46.3 Å². The van der Waals surface area contributed by atoms with Gasteiger partial charge in [-0.2, -0.15) is 0 Å². The number of rotatable bonds is 15. The van der Waals surface area contributed by atoms with Gasteiger partial charge in [0, 0.05) is 31.8 Å². The normalized spacial score (nSPS) is 42.5. The first-order valence-corrected chi connectivity index (χ1v) is 16.7. The Labute approximate surface area is 239 Å². The molecule has 228 valence electrons. The van der Waals surface area contributed by atoms with Gasteiger partial charge >= 0.3 is 0 Å². The fourth-order valence-electron chi connectivity index (χ4n) is 10.1. The number of ether oxygens (including phenoxy) is 3. The molecule has 5 N–H and O–H groups in total. The van der Waals surface area contributed by atoms with Crippen LogP contribution in [0.1, 0.15) is 105 Å². The third kappa shape index (κ3) is 6.41. The van der Waals surface area contributed by atoms with Gasteiger partial charge in [-0.05, 0) is 125 Å². The smallest absolute Gasteiger partial charge is 0.0637 e. The minimum Gasteiger partial charge on any atom is -0.396 e. The molecule has 0 saturated heterocycles. The molecule has 6 nitrogen and oxygen atoms in total. The molecule has 39 heavy (non-hydrogen) atoms. The van der Waals surface area contributed by atoms with Crippen molar-refractivity contribution in [1.82, 2.24) is 0 Å². The van der Waals surface area contributed by atoms with Crippen molar-refractivity contribution in [3.63, 3.8) is 0 Å². The summed E-state index contributed by atoms with van der Waals surface area (Å²) in [6, 6.07) is 0. The maximum Gasteiger partial charge on any atom is 0.0637 e. The minimum atomic E-state index is 0.144. The van der Waals surface area contributed by atoms with E-state index in [1.807, 2.05) is 0 Å². The molecule has 0 aromatic rings. The monoisotopic (exact) mass is 550 g/mol. The molecular formula is C33H62N2O4. The molecule has 0 spiro atoms. The fourth-order valence-corrected chi connectivity index (χ4v) is 10.1. The highest BCUT2D eigenvalue weighted by Gasteiger charge is 2.66. The van der Waals surface area contributed by atoms with Crippen LogP contribution in [-0.4, -0.2) is 62.9 Å². The van der Waals surface area contributed by atoms with Crippen molar-refractivity contribution in [3.05, 3.63) is 0 Å². The average Bonchev–Trinajstić information content (AvgIpc) is 3.28. The van der Waals surface area contributed by atoms with E-state index in [2.05, 4.69) is 27.7 Å². The van der Waals surface area contributed by atoms with Crippen molar-refractivity contribution in [2.24, 2.45) is 57.8 Å². The molecule has 11 atom stereocenters. The van der Waals surface area contributed by atoms with Gasteiger partial charge in [-0.25, -0.2) is 0 Å². The van der Waals surface area contributed by atoms with Gasteiger partial charge in [0.05, 0.1) is 18.3 Å². The third-order valence-corrected chi connectivity index (χ3v) is 12.2. The number of unbranched alkanes of at least 4 members (excludes halogenated alkanes) is 1. The first-order chi connectivity index (χ1) is 18.8. The molecule has 4 aliphatic rings. The summed E-state index contributed by atoms with van der Waals surface area (Å²) < 4.78 is 20.1. The number of nitrogens with two attached hydrogens (primary N) is 2. The van der Waals surface area contributed by atoms with E-state index in [0.717, 1.165) is 64.8 Å². The Bertz CT molecular complexity index is 738. The van der Waals surface area contributed by atoms with Gasteiger partial charge in [0.25, 0.3) is 0 Å². The van der Waals surface area contributed by atoms with Crippen LogP contribution in [-0.2, 0) is 14.2 Å². The number of aliphatic hydroxyl groups is 1. The van der Waals surface area contributed by atoms with Crippen molar-refractivity contribution < 1.29 is 19.3 Å². The van der Waals surface area contributed by atoms with Gasteiger partial charge in [0.1, 0.15) is 0 Å². The van der Waals surface area contributed by atoms with Gasteiger partial charge in [-0.15, -0.1) is 0 Å². The maximum atomic E-state index is 9.84. The first-order valence-electron chi connectivity index (χ1n) is 16.7. The van der Waals surface area contributed by atoms with Crippen LogP contribution in [0.5, 0.6) is 0 Å². The Morgan fingerprint density at radius 1 is 0.872 bits per heavy atom. The minimum absolute atomic E-state index is 0.144. The van der Waals surface area contributed by atoms with Crippen LogP contribution in [0.4, 0.5) is 0 Å². The lowest BCUT2D eigenvalue weighted by Crippen LogP contribution is -2.63. The van der Waals surface area contributed by atoms with Crippen molar-refractivity contribution in [1.29, 1.82) is 0 Å². The molecule has 0 heterocycles. The molecule has 4 fully saturated rings. The lowest BCUT2D eigenvalue weighted by atomic mass is 9.43. The van der Waals surface area contributed by atoms with Gasteiger partial charge in [-0.3, -0.25) is 0 Å².